The van der Waals surface area contributed by atoms with Gasteiger partial charge in [0, 0.05) is 19.2 Å². The van der Waals surface area contributed by atoms with E-state index in [0.29, 0.717) is 12.6 Å². The van der Waals surface area contributed by atoms with Gasteiger partial charge >= 0.3 is 5.97 Å². The molecule has 0 unspecified atom stereocenters. The fourth-order valence-electron chi connectivity index (χ4n) is 2.75. The Morgan fingerprint density at radius 2 is 2.05 bits per heavy atom. The van der Waals surface area contributed by atoms with Gasteiger partial charge in [0.05, 0.1) is 12.5 Å². The van der Waals surface area contributed by atoms with Crippen molar-refractivity contribution in [3.8, 4) is 0 Å². The Morgan fingerprint density at radius 3 is 2.58 bits per heavy atom. The molecule has 1 aromatic rings. The van der Waals surface area contributed by atoms with Gasteiger partial charge in [-0.15, -0.1) is 0 Å². The zero-order chi connectivity index (χ0) is 13.8. The standard InChI is InChI=1S/C15H23NO3/c1-4-18-15(17)12-6-8-13(9-7-12)16(3)14-10-5-11(2)19-14/h5,10,12-13H,4,6-9H2,1-3H3. The van der Waals surface area contributed by atoms with Crippen molar-refractivity contribution >= 4 is 11.9 Å². The van der Waals surface area contributed by atoms with Crippen LogP contribution in [-0.2, 0) is 9.53 Å². The lowest BCUT2D eigenvalue weighted by molar-refractivity contribution is -0.149. The minimum absolute atomic E-state index is 0.0301. The fraction of sp³-hybridized carbons (Fsp3) is 0.667. The minimum atomic E-state index is -0.0301. The number of furan rings is 1. The topological polar surface area (TPSA) is 42.7 Å². The molecular formula is C15H23NO3. The van der Waals surface area contributed by atoms with Crippen molar-refractivity contribution in [3.05, 3.63) is 17.9 Å². The Labute approximate surface area is 114 Å². The zero-order valence-electron chi connectivity index (χ0n) is 12.0. The minimum Gasteiger partial charge on any atom is -0.466 e. The highest BCUT2D eigenvalue weighted by Gasteiger charge is 2.29. The second-order valence-electron chi connectivity index (χ2n) is 5.25. The highest BCUT2D eigenvalue weighted by molar-refractivity contribution is 5.72. The molecule has 1 saturated carbocycles. The van der Waals surface area contributed by atoms with E-state index in [2.05, 4.69) is 11.9 Å². The van der Waals surface area contributed by atoms with Gasteiger partial charge in [0.15, 0.2) is 5.88 Å². The van der Waals surface area contributed by atoms with Gasteiger partial charge in [-0.05, 0) is 45.6 Å². The second kappa shape index (κ2) is 6.13. The van der Waals surface area contributed by atoms with Gasteiger partial charge in [-0.2, -0.15) is 0 Å². The third kappa shape index (κ3) is 3.31. The van der Waals surface area contributed by atoms with Gasteiger partial charge in [-0.1, -0.05) is 0 Å². The summed E-state index contributed by atoms with van der Waals surface area (Å²) in [5.41, 5.74) is 0. The number of carbonyl (C=O) groups is 1. The maximum absolute atomic E-state index is 11.7. The number of carbonyl (C=O) groups excluding carboxylic acids is 1. The Hall–Kier alpha value is -1.45. The number of hydrogen-bond donors (Lipinski definition) is 0. The summed E-state index contributed by atoms with van der Waals surface area (Å²) >= 11 is 0. The second-order valence-corrected chi connectivity index (χ2v) is 5.25. The summed E-state index contributed by atoms with van der Waals surface area (Å²) in [5.74, 6) is 1.90. The van der Waals surface area contributed by atoms with Crippen molar-refractivity contribution in [1.29, 1.82) is 0 Å². The van der Waals surface area contributed by atoms with E-state index in [1.54, 1.807) is 0 Å². The van der Waals surface area contributed by atoms with Crippen molar-refractivity contribution in [2.24, 2.45) is 5.92 Å². The monoisotopic (exact) mass is 265 g/mol. The van der Waals surface area contributed by atoms with Crippen LogP contribution < -0.4 is 4.90 Å². The van der Waals surface area contributed by atoms with E-state index in [-0.39, 0.29) is 11.9 Å². The van der Waals surface area contributed by atoms with E-state index in [4.69, 9.17) is 9.15 Å². The van der Waals surface area contributed by atoms with Crippen LogP contribution in [0.25, 0.3) is 0 Å². The molecule has 4 heteroatoms. The first-order valence-corrected chi connectivity index (χ1v) is 7.07. The Bertz CT molecular complexity index is 419. The SMILES string of the molecule is CCOC(=O)C1CCC(N(C)c2ccc(C)o2)CC1. The first kappa shape index (κ1) is 14.0. The van der Waals surface area contributed by atoms with Crippen molar-refractivity contribution in [2.75, 3.05) is 18.6 Å². The molecule has 1 aliphatic rings. The first-order chi connectivity index (χ1) is 9.11. The Morgan fingerprint density at radius 1 is 1.37 bits per heavy atom. The number of esters is 1. The van der Waals surface area contributed by atoms with E-state index < -0.39 is 0 Å². The summed E-state index contributed by atoms with van der Waals surface area (Å²) < 4.78 is 10.7. The van der Waals surface area contributed by atoms with Crippen LogP contribution in [-0.4, -0.2) is 25.7 Å². The molecule has 106 valence electrons. The average Bonchev–Trinajstić information content (AvgIpc) is 2.85. The summed E-state index contributed by atoms with van der Waals surface area (Å²) in [6, 6.07) is 4.44. The molecule has 0 aliphatic heterocycles. The average molecular weight is 265 g/mol. The van der Waals surface area contributed by atoms with E-state index in [0.717, 1.165) is 37.3 Å². The molecule has 1 fully saturated rings. The van der Waals surface area contributed by atoms with Gasteiger partial charge in [0.25, 0.3) is 0 Å². The highest BCUT2D eigenvalue weighted by Crippen LogP contribution is 2.31. The lowest BCUT2D eigenvalue weighted by Gasteiger charge is -2.33. The van der Waals surface area contributed by atoms with E-state index in [9.17, 15) is 4.79 Å². The molecule has 1 aromatic heterocycles. The van der Waals surface area contributed by atoms with E-state index >= 15 is 0 Å². The molecule has 0 atom stereocenters. The molecule has 4 nitrogen and oxygen atoms in total. The zero-order valence-corrected chi connectivity index (χ0v) is 12.0. The molecule has 0 radical (unpaired) electrons. The highest BCUT2D eigenvalue weighted by atomic mass is 16.5. The lowest BCUT2D eigenvalue weighted by Crippen LogP contribution is -2.36. The van der Waals surface area contributed by atoms with Crippen LogP contribution in [0.4, 0.5) is 5.88 Å². The van der Waals surface area contributed by atoms with Crippen LogP contribution >= 0.6 is 0 Å². The van der Waals surface area contributed by atoms with Crippen LogP contribution in [0, 0.1) is 12.8 Å². The van der Waals surface area contributed by atoms with Gasteiger partial charge in [-0.3, -0.25) is 4.79 Å². The van der Waals surface area contributed by atoms with Gasteiger partial charge in [0.1, 0.15) is 5.76 Å². The fourth-order valence-corrected chi connectivity index (χ4v) is 2.75. The summed E-state index contributed by atoms with van der Waals surface area (Å²) in [4.78, 5) is 13.9. The largest absolute Gasteiger partial charge is 0.466 e. The molecule has 0 amide bonds. The van der Waals surface area contributed by atoms with Crippen LogP contribution in [0.5, 0.6) is 0 Å². The summed E-state index contributed by atoms with van der Waals surface area (Å²) in [6.07, 6.45) is 3.85. The van der Waals surface area contributed by atoms with Crippen molar-refractivity contribution in [3.63, 3.8) is 0 Å². The summed E-state index contributed by atoms with van der Waals surface area (Å²) in [6.45, 7) is 4.29. The van der Waals surface area contributed by atoms with Crippen LogP contribution in [0.1, 0.15) is 38.4 Å². The predicted octanol–water partition coefficient (Wildman–Crippen LogP) is 3.15. The maximum Gasteiger partial charge on any atom is 0.308 e. The summed E-state index contributed by atoms with van der Waals surface area (Å²) in [5, 5.41) is 0. The molecule has 0 N–H and O–H groups in total. The number of anilines is 1. The van der Waals surface area contributed by atoms with Gasteiger partial charge in [0.2, 0.25) is 0 Å². The number of hydrogen-bond acceptors (Lipinski definition) is 4. The molecular weight excluding hydrogens is 242 g/mol. The molecule has 0 spiro atoms. The van der Waals surface area contributed by atoms with E-state index in [1.165, 1.54) is 0 Å². The molecule has 1 aliphatic carbocycles. The third-order valence-corrected chi connectivity index (χ3v) is 3.94. The quantitative estimate of drug-likeness (QED) is 0.784. The van der Waals surface area contributed by atoms with Crippen molar-refractivity contribution in [2.45, 2.75) is 45.6 Å². The lowest BCUT2D eigenvalue weighted by atomic mass is 9.85. The van der Waals surface area contributed by atoms with Crippen molar-refractivity contribution in [1.82, 2.24) is 0 Å². The predicted molar refractivity (Wildman–Crippen MR) is 74.2 cm³/mol. The van der Waals surface area contributed by atoms with Crippen LogP contribution in [0.15, 0.2) is 16.5 Å². The number of ether oxygens (including phenoxy) is 1. The molecule has 19 heavy (non-hydrogen) atoms. The maximum atomic E-state index is 11.7. The number of nitrogens with zero attached hydrogens (tertiary/aromatic N) is 1. The Balaban J connectivity index is 1.87. The molecule has 1 heterocycles. The van der Waals surface area contributed by atoms with Crippen molar-refractivity contribution < 1.29 is 13.9 Å². The van der Waals surface area contributed by atoms with Gasteiger partial charge < -0.3 is 14.1 Å². The Kier molecular flexibility index (Phi) is 4.51. The van der Waals surface area contributed by atoms with Crippen LogP contribution in [0.2, 0.25) is 0 Å². The number of aryl methyl sites for hydroxylation is 1. The number of rotatable bonds is 4. The molecule has 0 saturated heterocycles. The molecule has 0 aromatic carbocycles. The smallest absolute Gasteiger partial charge is 0.308 e. The molecule has 2 rings (SSSR count). The first-order valence-electron chi connectivity index (χ1n) is 7.07. The summed E-state index contributed by atoms with van der Waals surface area (Å²) in [7, 11) is 2.06. The van der Waals surface area contributed by atoms with Crippen LogP contribution in [0.3, 0.4) is 0 Å². The van der Waals surface area contributed by atoms with Gasteiger partial charge in [-0.25, -0.2) is 0 Å². The molecule has 0 bridgehead atoms. The third-order valence-electron chi connectivity index (χ3n) is 3.94. The normalized spacial score (nSPS) is 23.1. The van der Waals surface area contributed by atoms with E-state index in [1.807, 2.05) is 26.0 Å².